The lowest BCUT2D eigenvalue weighted by Crippen LogP contribution is -2.25. The minimum Gasteiger partial charge on any atom is -0.465 e. The minimum absolute atomic E-state index is 0.148. The molecule has 0 aliphatic heterocycles. The van der Waals surface area contributed by atoms with Gasteiger partial charge in [0.1, 0.15) is 6.10 Å². The zero-order valence-electron chi connectivity index (χ0n) is 12.9. The van der Waals surface area contributed by atoms with E-state index in [2.05, 4.69) is 13.8 Å². The van der Waals surface area contributed by atoms with Gasteiger partial charge in [-0.3, -0.25) is 9.59 Å². The standard InChI is InChI=1S/C15H28O4/c1-6-12(7-2)10-18-14(16)9-13(8-3)19-15(17)11(4)5/h11-13H,6-10H2,1-5H3. The minimum atomic E-state index is -0.371. The van der Waals surface area contributed by atoms with Gasteiger partial charge in [0.2, 0.25) is 0 Å². The van der Waals surface area contributed by atoms with Crippen LogP contribution >= 0.6 is 0 Å². The molecule has 0 aromatic heterocycles. The largest absolute Gasteiger partial charge is 0.465 e. The van der Waals surface area contributed by atoms with E-state index >= 15 is 0 Å². The van der Waals surface area contributed by atoms with Gasteiger partial charge >= 0.3 is 11.9 Å². The van der Waals surface area contributed by atoms with Crippen LogP contribution in [0.25, 0.3) is 0 Å². The summed E-state index contributed by atoms with van der Waals surface area (Å²) in [6, 6.07) is 0. The molecule has 0 aromatic rings. The van der Waals surface area contributed by atoms with Crippen LogP contribution < -0.4 is 0 Å². The number of hydrogen-bond donors (Lipinski definition) is 0. The fourth-order valence-electron chi connectivity index (χ4n) is 1.55. The lowest BCUT2D eigenvalue weighted by Gasteiger charge is -2.18. The second-order valence-electron chi connectivity index (χ2n) is 5.19. The first-order chi connectivity index (χ1) is 8.94. The summed E-state index contributed by atoms with van der Waals surface area (Å²) in [5, 5.41) is 0. The molecule has 1 unspecified atom stereocenters. The smallest absolute Gasteiger partial charge is 0.309 e. The Kier molecular flexibility index (Phi) is 9.27. The number of ether oxygens (including phenoxy) is 2. The zero-order valence-corrected chi connectivity index (χ0v) is 12.9. The normalized spacial score (nSPS) is 12.6. The van der Waals surface area contributed by atoms with E-state index in [-0.39, 0.29) is 30.4 Å². The summed E-state index contributed by atoms with van der Waals surface area (Å²) >= 11 is 0. The highest BCUT2D eigenvalue weighted by atomic mass is 16.6. The summed E-state index contributed by atoms with van der Waals surface area (Å²) in [7, 11) is 0. The van der Waals surface area contributed by atoms with Crippen molar-refractivity contribution in [2.75, 3.05) is 6.61 Å². The van der Waals surface area contributed by atoms with Gasteiger partial charge in [-0.05, 0) is 12.3 Å². The molecule has 0 bridgehead atoms. The first-order valence-electron chi connectivity index (χ1n) is 7.30. The Morgan fingerprint density at radius 2 is 1.58 bits per heavy atom. The SMILES string of the molecule is CCC(CC)COC(=O)CC(CC)OC(=O)C(C)C. The molecule has 0 saturated heterocycles. The molecule has 0 saturated carbocycles. The number of esters is 2. The van der Waals surface area contributed by atoms with Gasteiger partial charge in [-0.2, -0.15) is 0 Å². The van der Waals surface area contributed by atoms with E-state index < -0.39 is 0 Å². The number of carbonyl (C=O) groups is 2. The third kappa shape index (κ3) is 7.85. The van der Waals surface area contributed by atoms with Crippen molar-refractivity contribution in [2.45, 2.75) is 66.4 Å². The van der Waals surface area contributed by atoms with Gasteiger partial charge in [0.15, 0.2) is 0 Å². The van der Waals surface area contributed by atoms with Gasteiger partial charge in [-0.1, -0.05) is 47.5 Å². The molecule has 4 nitrogen and oxygen atoms in total. The molecule has 0 aliphatic rings. The molecular formula is C15H28O4. The molecule has 112 valence electrons. The predicted octanol–water partition coefficient (Wildman–Crippen LogP) is 3.33. The molecular weight excluding hydrogens is 244 g/mol. The van der Waals surface area contributed by atoms with Crippen molar-refractivity contribution < 1.29 is 19.1 Å². The Hall–Kier alpha value is -1.06. The Morgan fingerprint density at radius 1 is 1.00 bits per heavy atom. The maximum atomic E-state index is 11.7. The average molecular weight is 272 g/mol. The summed E-state index contributed by atoms with van der Waals surface area (Å²) in [6.07, 6.45) is 2.41. The Labute approximate surface area is 116 Å². The summed E-state index contributed by atoms with van der Waals surface area (Å²) in [6.45, 7) is 10.1. The molecule has 0 rings (SSSR count). The van der Waals surface area contributed by atoms with E-state index in [4.69, 9.17) is 9.47 Å². The molecule has 19 heavy (non-hydrogen) atoms. The molecule has 0 N–H and O–H groups in total. The lowest BCUT2D eigenvalue weighted by atomic mass is 10.1. The molecule has 0 aromatic carbocycles. The molecule has 0 spiro atoms. The number of rotatable bonds is 9. The molecule has 1 atom stereocenters. The third-order valence-corrected chi connectivity index (χ3v) is 3.24. The van der Waals surface area contributed by atoms with Crippen molar-refractivity contribution in [1.82, 2.24) is 0 Å². The first-order valence-corrected chi connectivity index (χ1v) is 7.30. The van der Waals surface area contributed by atoms with Crippen LogP contribution in [-0.4, -0.2) is 24.6 Å². The van der Waals surface area contributed by atoms with E-state index in [1.54, 1.807) is 13.8 Å². The Morgan fingerprint density at radius 3 is 2.00 bits per heavy atom. The van der Waals surface area contributed by atoms with Crippen LogP contribution in [0.5, 0.6) is 0 Å². The lowest BCUT2D eigenvalue weighted by molar-refractivity contribution is -0.158. The van der Waals surface area contributed by atoms with Gasteiger partial charge in [0, 0.05) is 0 Å². The van der Waals surface area contributed by atoms with Crippen molar-refractivity contribution in [2.24, 2.45) is 11.8 Å². The molecule has 4 heteroatoms. The van der Waals surface area contributed by atoms with Crippen LogP contribution in [-0.2, 0) is 19.1 Å². The fourth-order valence-corrected chi connectivity index (χ4v) is 1.55. The van der Waals surface area contributed by atoms with Gasteiger partial charge in [0.05, 0.1) is 18.9 Å². The van der Waals surface area contributed by atoms with E-state index in [1.807, 2.05) is 6.92 Å². The molecule has 0 fully saturated rings. The molecule has 0 heterocycles. The van der Waals surface area contributed by atoms with Gasteiger partial charge < -0.3 is 9.47 Å². The van der Waals surface area contributed by atoms with Gasteiger partial charge in [0.25, 0.3) is 0 Å². The third-order valence-electron chi connectivity index (χ3n) is 3.24. The topological polar surface area (TPSA) is 52.6 Å². The predicted molar refractivity (Wildman–Crippen MR) is 74.7 cm³/mol. The number of carbonyl (C=O) groups excluding carboxylic acids is 2. The van der Waals surface area contributed by atoms with Crippen LogP contribution in [0.15, 0.2) is 0 Å². The van der Waals surface area contributed by atoms with Gasteiger partial charge in [-0.15, -0.1) is 0 Å². The second-order valence-corrected chi connectivity index (χ2v) is 5.19. The molecule has 0 amide bonds. The summed E-state index contributed by atoms with van der Waals surface area (Å²) < 4.78 is 10.5. The van der Waals surface area contributed by atoms with Crippen molar-refractivity contribution in [1.29, 1.82) is 0 Å². The van der Waals surface area contributed by atoms with Crippen molar-refractivity contribution in [3.05, 3.63) is 0 Å². The van der Waals surface area contributed by atoms with Gasteiger partial charge in [-0.25, -0.2) is 0 Å². The number of hydrogen-bond acceptors (Lipinski definition) is 4. The van der Waals surface area contributed by atoms with Crippen LogP contribution in [0.2, 0.25) is 0 Å². The summed E-state index contributed by atoms with van der Waals surface area (Å²) in [4.78, 5) is 23.2. The Bertz CT molecular complexity index is 269. The molecule has 0 aliphatic carbocycles. The second kappa shape index (κ2) is 9.82. The van der Waals surface area contributed by atoms with Crippen molar-refractivity contribution in [3.8, 4) is 0 Å². The van der Waals surface area contributed by atoms with E-state index in [0.29, 0.717) is 18.9 Å². The summed E-state index contributed by atoms with van der Waals surface area (Å²) in [5.74, 6) is -0.299. The summed E-state index contributed by atoms with van der Waals surface area (Å²) in [5.41, 5.74) is 0. The average Bonchev–Trinajstić information content (AvgIpc) is 2.38. The maximum absolute atomic E-state index is 11.7. The fraction of sp³-hybridized carbons (Fsp3) is 0.867. The van der Waals surface area contributed by atoms with Crippen molar-refractivity contribution in [3.63, 3.8) is 0 Å². The van der Waals surface area contributed by atoms with Crippen LogP contribution in [0, 0.1) is 11.8 Å². The molecule has 0 radical (unpaired) electrons. The highest BCUT2D eigenvalue weighted by molar-refractivity contribution is 5.73. The highest BCUT2D eigenvalue weighted by Gasteiger charge is 2.20. The van der Waals surface area contributed by atoms with Crippen LogP contribution in [0.4, 0.5) is 0 Å². The van der Waals surface area contributed by atoms with Crippen LogP contribution in [0.3, 0.4) is 0 Å². The van der Waals surface area contributed by atoms with Crippen LogP contribution in [0.1, 0.15) is 60.3 Å². The van der Waals surface area contributed by atoms with E-state index in [1.165, 1.54) is 0 Å². The van der Waals surface area contributed by atoms with Crippen molar-refractivity contribution >= 4 is 11.9 Å². The maximum Gasteiger partial charge on any atom is 0.309 e. The first kappa shape index (κ1) is 17.9. The Balaban J connectivity index is 4.09. The highest BCUT2D eigenvalue weighted by Crippen LogP contribution is 2.11. The zero-order chi connectivity index (χ0) is 14.8. The van der Waals surface area contributed by atoms with E-state index in [9.17, 15) is 9.59 Å². The van der Waals surface area contributed by atoms with E-state index in [0.717, 1.165) is 12.8 Å². The monoisotopic (exact) mass is 272 g/mol. The quantitative estimate of drug-likeness (QED) is 0.604.